The number of carbonyl (C=O) groups excluding carboxylic acids is 2. The number of carbonyl (C=O) groups is 2. The fourth-order valence-corrected chi connectivity index (χ4v) is 3.58. The first-order valence-corrected chi connectivity index (χ1v) is 10.3. The lowest BCUT2D eigenvalue weighted by molar-refractivity contribution is -0.123. The fraction of sp³-hybridized carbons (Fsp3) is 0.333. The van der Waals surface area contributed by atoms with Gasteiger partial charge in [-0.25, -0.2) is 9.18 Å². The zero-order valence-corrected chi connectivity index (χ0v) is 17.7. The van der Waals surface area contributed by atoms with Crippen molar-refractivity contribution < 1.29 is 18.7 Å². The van der Waals surface area contributed by atoms with Crippen molar-refractivity contribution in [1.82, 2.24) is 10.2 Å². The molecule has 30 heavy (non-hydrogen) atoms. The number of ether oxygens (including phenoxy) is 1. The number of rotatable bonds is 6. The molecule has 1 heterocycles. The quantitative estimate of drug-likeness (QED) is 0.672. The molecule has 2 N–H and O–H groups in total. The highest BCUT2D eigenvalue weighted by Crippen LogP contribution is 2.27. The van der Waals surface area contributed by atoms with Crippen molar-refractivity contribution in [3.05, 3.63) is 58.3 Å². The van der Waals surface area contributed by atoms with Crippen LogP contribution < -0.4 is 15.4 Å². The Labute approximate surface area is 184 Å². The number of nitrogens with one attached hydrogen (secondary N) is 2. The van der Waals surface area contributed by atoms with Gasteiger partial charge in [-0.2, -0.15) is 0 Å². The Hall–Kier alpha value is -2.51. The van der Waals surface area contributed by atoms with E-state index < -0.39 is 0 Å². The minimum Gasteiger partial charge on any atom is -0.482 e. The van der Waals surface area contributed by atoms with Crippen LogP contribution in [0.5, 0.6) is 5.75 Å². The summed E-state index contributed by atoms with van der Waals surface area (Å²) in [7, 11) is 0. The molecule has 1 saturated heterocycles. The molecule has 0 aliphatic carbocycles. The first-order chi connectivity index (χ1) is 14.4. The number of anilines is 1. The minimum atomic E-state index is -0.350. The van der Waals surface area contributed by atoms with Crippen LogP contribution in [0.2, 0.25) is 10.0 Å². The van der Waals surface area contributed by atoms with Crippen LogP contribution in [-0.2, 0) is 4.79 Å². The van der Waals surface area contributed by atoms with Gasteiger partial charge in [0.25, 0.3) is 5.91 Å². The number of amides is 3. The van der Waals surface area contributed by atoms with Crippen LogP contribution in [0.1, 0.15) is 12.8 Å². The van der Waals surface area contributed by atoms with E-state index in [2.05, 4.69) is 10.6 Å². The van der Waals surface area contributed by atoms with Crippen molar-refractivity contribution in [1.29, 1.82) is 0 Å². The molecule has 9 heteroatoms. The van der Waals surface area contributed by atoms with Crippen LogP contribution in [0.4, 0.5) is 14.9 Å². The van der Waals surface area contributed by atoms with E-state index in [4.69, 9.17) is 27.9 Å². The van der Waals surface area contributed by atoms with Gasteiger partial charge >= 0.3 is 6.03 Å². The Bertz CT molecular complexity index is 888. The molecule has 3 rings (SSSR count). The molecule has 0 unspecified atom stereocenters. The molecule has 2 aromatic carbocycles. The number of likely N-dealkylation sites (tertiary alicyclic amines) is 1. The zero-order chi connectivity index (χ0) is 21.5. The lowest BCUT2D eigenvalue weighted by Gasteiger charge is -2.32. The second-order valence-corrected chi connectivity index (χ2v) is 7.88. The van der Waals surface area contributed by atoms with Gasteiger partial charge in [-0.1, -0.05) is 23.2 Å². The Kier molecular flexibility index (Phi) is 7.76. The van der Waals surface area contributed by atoms with E-state index >= 15 is 0 Å². The lowest BCUT2D eigenvalue weighted by atomic mass is 9.97. The molecule has 2 aromatic rings. The maximum Gasteiger partial charge on any atom is 0.321 e. The summed E-state index contributed by atoms with van der Waals surface area (Å²) in [6, 6.07) is 10.2. The predicted molar refractivity (Wildman–Crippen MR) is 115 cm³/mol. The topological polar surface area (TPSA) is 70.7 Å². The maximum absolute atomic E-state index is 12.9. The van der Waals surface area contributed by atoms with Crippen LogP contribution in [-0.4, -0.2) is 43.1 Å². The molecule has 3 amide bonds. The predicted octanol–water partition coefficient (Wildman–Crippen LogP) is 4.57. The van der Waals surface area contributed by atoms with Gasteiger partial charge in [0, 0.05) is 30.3 Å². The summed E-state index contributed by atoms with van der Waals surface area (Å²) in [6.45, 7) is 1.55. The van der Waals surface area contributed by atoms with Crippen LogP contribution >= 0.6 is 23.2 Å². The van der Waals surface area contributed by atoms with Crippen LogP contribution in [0.3, 0.4) is 0 Å². The van der Waals surface area contributed by atoms with E-state index in [1.807, 2.05) is 0 Å². The van der Waals surface area contributed by atoms with Gasteiger partial charge in [-0.05, 0) is 61.2 Å². The van der Waals surface area contributed by atoms with Crippen LogP contribution in [0, 0.1) is 11.7 Å². The molecule has 0 atom stereocenters. The van der Waals surface area contributed by atoms with Gasteiger partial charge in [0.15, 0.2) is 6.61 Å². The molecule has 1 fully saturated rings. The van der Waals surface area contributed by atoms with E-state index in [1.54, 1.807) is 23.1 Å². The van der Waals surface area contributed by atoms with Crippen molar-refractivity contribution in [2.75, 3.05) is 31.6 Å². The molecular formula is C21H22Cl2FN3O3. The van der Waals surface area contributed by atoms with Crippen molar-refractivity contribution in [2.24, 2.45) is 5.92 Å². The van der Waals surface area contributed by atoms with E-state index in [0.29, 0.717) is 41.1 Å². The normalized spacial score (nSPS) is 14.3. The highest BCUT2D eigenvalue weighted by atomic mass is 35.5. The summed E-state index contributed by atoms with van der Waals surface area (Å²) in [5.74, 6) is 0.0923. The summed E-state index contributed by atoms with van der Waals surface area (Å²) >= 11 is 11.8. The van der Waals surface area contributed by atoms with Gasteiger partial charge in [-0.15, -0.1) is 0 Å². The number of piperidine rings is 1. The van der Waals surface area contributed by atoms with E-state index in [-0.39, 0.29) is 30.3 Å². The minimum absolute atomic E-state index is 0.139. The Morgan fingerprint density at radius 2 is 1.80 bits per heavy atom. The van der Waals surface area contributed by atoms with Crippen LogP contribution in [0.15, 0.2) is 42.5 Å². The van der Waals surface area contributed by atoms with E-state index in [1.165, 1.54) is 24.3 Å². The number of nitrogens with zero attached hydrogens (tertiary/aromatic N) is 1. The number of hydrogen-bond acceptors (Lipinski definition) is 3. The molecule has 0 aromatic heterocycles. The summed E-state index contributed by atoms with van der Waals surface area (Å²) in [4.78, 5) is 26.1. The summed E-state index contributed by atoms with van der Waals surface area (Å²) in [6.07, 6.45) is 1.56. The molecule has 160 valence electrons. The molecule has 6 nitrogen and oxygen atoms in total. The average molecular weight is 454 g/mol. The van der Waals surface area contributed by atoms with Gasteiger partial charge < -0.3 is 20.3 Å². The fourth-order valence-electron chi connectivity index (χ4n) is 3.12. The van der Waals surface area contributed by atoms with Gasteiger partial charge in [0.1, 0.15) is 11.6 Å². The second-order valence-electron chi connectivity index (χ2n) is 7.03. The Morgan fingerprint density at radius 1 is 1.10 bits per heavy atom. The van der Waals surface area contributed by atoms with Crippen molar-refractivity contribution >= 4 is 40.8 Å². The molecule has 0 bridgehead atoms. The largest absolute Gasteiger partial charge is 0.482 e. The van der Waals surface area contributed by atoms with E-state index in [0.717, 1.165) is 12.8 Å². The molecule has 1 aliphatic rings. The molecule has 1 aliphatic heterocycles. The van der Waals surface area contributed by atoms with Gasteiger partial charge in [-0.3, -0.25) is 4.79 Å². The first-order valence-electron chi connectivity index (χ1n) is 9.57. The molecule has 0 spiro atoms. The average Bonchev–Trinajstić information content (AvgIpc) is 2.73. The van der Waals surface area contributed by atoms with Crippen LogP contribution in [0.25, 0.3) is 0 Å². The molecule has 0 radical (unpaired) electrons. The van der Waals surface area contributed by atoms with Crippen molar-refractivity contribution in [2.45, 2.75) is 12.8 Å². The summed E-state index contributed by atoms with van der Waals surface area (Å²) < 4.78 is 18.4. The first kappa shape index (κ1) is 22.2. The number of urea groups is 1. The van der Waals surface area contributed by atoms with Crippen molar-refractivity contribution in [3.8, 4) is 5.75 Å². The monoisotopic (exact) mass is 453 g/mol. The van der Waals surface area contributed by atoms with E-state index in [9.17, 15) is 14.0 Å². The highest BCUT2D eigenvalue weighted by molar-refractivity contribution is 6.35. The number of benzene rings is 2. The van der Waals surface area contributed by atoms with Gasteiger partial charge in [0.2, 0.25) is 0 Å². The Morgan fingerprint density at radius 3 is 2.47 bits per heavy atom. The van der Waals surface area contributed by atoms with Gasteiger partial charge in [0.05, 0.1) is 5.02 Å². The third-order valence-corrected chi connectivity index (χ3v) is 5.37. The lowest BCUT2D eigenvalue weighted by Crippen LogP contribution is -2.43. The third kappa shape index (κ3) is 6.50. The smallest absolute Gasteiger partial charge is 0.321 e. The third-order valence-electron chi connectivity index (χ3n) is 4.84. The molecule has 0 saturated carbocycles. The standard InChI is InChI=1S/C21H22Cl2FN3O3/c22-15-1-6-19(18(23)11-15)30-13-20(28)25-12-14-7-9-27(10-8-14)21(29)26-17-4-2-16(24)3-5-17/h1-6,11,14H,7-10,12-13H2,(H,25,28)(H,26,29). The zero-order valence-electron chi connectivity index (χ0n) is 16.2. The summed E-state index contributed by atoms with van der Waals surface area (Å²) in [5.41, 5.74) is 0.552. The Balaban J connectivity index is 1.35. The maximum atomic E-state index is 12.9. The SMILES string of the molecule is O=C(COc1ccc(Cl)cc1Cl)NCC1CCN(C(=O)Nc2ccc(F)cc2)CC1. The number of hydrogen-bond donors (Lipinski definition) is 2. The van der Waals surface area contributed by atoms with Crippen molar-refractivity contribution in [3.63, 3.8) is 0 Å². The number of halogens is 3. The molecular weight excluding hydrogens is 432 g/mol. The summed E-state index contributed by atoms with van der Waals surface area (Å²) in [5, 5.41) is 6.46. The second kappa shape index (κ2) is 10.5. The highest BCUT2D eigenvalue weighted by Gasteiger charge is 2.23.